The fourth-order valence-electron chi connectivity index (χ4n) is 1.45. The molecule has 0 aromatic rings. The van der Waals surface area contributed by atoms with Crippen LogP contribution in [0, 0.1) is 0 Å². The van der Waals surface area contributed by atoms with Crippen molar-refractivity contribution in [3.05, 3.63) is 34.9 Å². The molecule has 11 heavy (non-hydrogen) atoms. The summed E-state index contributed by atoms with van der Waals surface area (Å²) in [6, 6.07) is 0. The standard InChI is InChI=1S/C11H16/c1-4-6-11-8-5-7-9(2)10(11)3/h4,6-7H,5,8H2,1-3H3. The molecule has 1 aliphatic rings. The van der Waals surface area contributed by atoms with E-state index in [-0.39, 0.29) is 0 Å². The minimum Gasteiger partial charge on any atom is -0.0874 e. The fraction of sp³-hybridized carbons (Fsp3) is 0.455. The second-order valence-corrected chi connectivity index (χ2v) is 3.08. The summed E-state index contributed by atoms with van der Waals surface area (Å²) in [6.45, 7) is 6.48. The van der Waals surface area contributed by atoms with E-state index in [1.807, 2.05) is 0 Å². The van der Waals surface area contributed by atoms with Crippen molar-refractivity contribution in [2.45, 2.75) is 33.6 Å². The Morgan fingerprint density at radius 2 is 2.09 bits per heavy atom. The van der Waals surface area contributed by atoms with Crippen molar-refractivity contribution >= 4 is 0 Å². The Balaban J connectivity index is 2.91. The van der Waals surface area contributed by atoms with Crippen molar-refractivity contribution in [2.75, 3.05) is 0 Å². The molecule has 0 radical (unpaired) electrons. The normalized spacial score (nSPS) is 19.4. The van der Waals surface area contributed by atoms with Gasteiger partial charge in [0.15, 0.2) is 0 Å². The quantitative estimate of drug-likeness (QED) is 0.532. The lowest BCUT2D eigenvalue weighted by molar-refractivity contribution is 0.945. The van der Waals surface area contributed by atoms with Crippen LogP contribution >= 0.6 is 0 Å². The largest absolute Gasteiger partial charge is 0.0874 e. The molecule has 0 unspecified atom stereocenters. The number of hydrogen-bond donors (Lipinski definition) is 0. The van der Waals surface area contributed by atoms with Gasteiger partial charge >= 0.3 is 0 Å². The maximum absolute atomic E-state index is 2.32. The van der Waals surface area contributed by atoms with Crippen LogP contribution in [0.1, 0.15) is 33.6 Å². The molecule has 0 saturated carbocycles. The highest BCUT2D eigenvalue weighted by molar-refractivity contribution is 5.40. The van der Waals surface area contributed by atoms with E-state index in [1.165, 1.54) is 29.6 Å². The summed E-state index contributed by atoms with van der Waals surface area (Å²) in [6.07, 6.45) is 9.10. The van der Waals surface area contributed by atoms with Crippen LogP contribution in [0.2, 0.25) is 0 Å². The molecule has 0 nitrogen and oxygen atoms in total. The second kappa shape index (κ2) is 3.56. The Labute approximate surface area is 69.3 Å². The van der Waals surface area contributed by atoms with Crippen LogP contribution in [-0.2, 0) is 0 Å². The molecule has 1 aliphatic carbocycles. The van der Waals surface area contributed by atoms with E-state index in [9.17, 15) is 0 Å². The first-order valence-corrected chi connectivity index (χ1v) is 4.25. The van der Waals surface area contributed by atoms with E-state index in [4.69, 9.17) is 0 Å². The van der Waals surface area contributed by atoms with Crippen LogP contribution in [0.15, 0.2) is 34.9 Å². The fourth-order valence-corrected chi connectivity index (χ4v) is 1.45. The number of rotatable bonds is 1. The molecule has 0 bridgehead atoms. The van der Waals surface area contributed by atoms with Gasteiger partial charge in [-0.2, -0.15) is 0 Å². The molecule has 0 heterocycles. The lowest BCUT2D eigenvalue weighted by Gasteiger charge is -2.13. The first-order valence-electron chi connectivity index (χ1n) is 4.25. The zero-order chi connectivity index (χ0) is 8.27. The molecule has 0 aliphatic heterocycles. The van der Waals surface area contributed by atoms with Crippen LogP contribution in [0.3, 0.4) is 0 Å². The first kappa shape index (κ1) is 8.32. The van der Waals surface area contributed by atoms with E-state index in [1.54, 1.807) is 0 Å². The third kappa shape index (κ3) is 1.83. The molecule has 0 spiro atoms. The molecule has 0 fully saturated rings. The molecule has 0 amide bonds. The molecule has 0 aromatic carbocycles. The summed E-state index contributed by atoms with van der Waals surface area (Å²) < 4.78 is 0. The Morgan fingerprint density at radius 3 is 2.73 bits per heavy atom. The summed E-state index contributed by atoms with van der Waals surface area (Å²) in [4.78, 5) is 0. The van der Waals surface area contributed by atoms with Crippen molar-refractivity contribution in [1.29, 1.82) is 0 Å². The molecule has 1 rings (SSSR count). The summed E-state index contributed by atoms with van der Waals surface area (Å²) in [5, 5.41) is 0. The third-order valence-electron chi connectivity index (χ3n) is 2.31. The van der Waals surface area contributed by atoms with Crippen LogP contribution in [-0.4, -0.2) is 0 Å². The van der Waals surface area contributed by atoms with Gasteiger partial charge < -0.3 is 0 Å². The predicted molar refractivity (Wildman–Crippen MR) is 50.5 cm³/mol. The van der Waals surface area contributed by atoms with Gasteiger partial charge in [0.1, 0.15) is 0 Å². The van der Waals surface area contributed by atoms with Crippen molar-refractivity contribution < 1.29 is 0 Å². The Kier molecular flexibility index (Phi) is 2.70. The van der Waals surface area contributed by atoms with E-state index < -0.39 is 0 Å². The van der Waals surface area contributed by atoms with Gasteiger partial charge in [0, 0.05) is 0 Å². The van der Waals surface area contributed by atoms with Gasteiger partial charge in [0.2, 0.25) is 0 Å². The summed E-state index contributed by atoms with van der Waals surface area (Å²) in [5.74, 6) is 0. The Morgan fingerprint density at radius 1 is 1.36 bits per heavy atom. The highest BCUT2D eigenvalue weighted by Crippen LogP contribution is 2.24. The predicted octanol–water partition coefficient (Wildman–Crippen LogP) is 3.62. The van der Waals surface area contributed by atoms with E-state index in [2.05, 4.69) is 39.0 Å². The highest BCUT2D eigenvalue weighted by Gasteiger charge is 2.05. The van der Waals surface area contributed by atoms with Crippen LogP contribution in [0.4, 0.5) is 0 Å². The third-order valence-corrected chi connectivity index (χ3v) is 2.31. The lowest BCUT2D eigenvalue weighted by atomic mass is 9.93. The second-order valence-electron chi connectivity index (χ2n) is 3.08. The SMILES string of the molecule is CC=CC1=C(C)C(C)=CCC1. The topological polar surface area (TPSA) is 0 Å². The van der Waals surface area contributed by atoms with Gasteiger partial charge in [-0.15, -0.1) is 0 Å². The molecule has 0 N–H and O–H groups in total. The minimum absolute atomic E-state index is 1.21. The molecular weight excluding hydrogens is 132 g/mol. The molecular formula is C11H16. The van der Waals surface area contributed by atoms with Gasteiger partial charge in [-0.3, -0.25) is 0 Å². The van der Waals surface area contributed by atoms with Crippen LogP contribution in [0.5, 0.6) is 0 Å². The zero-order valence-electron chi connectivity index (χ0n) is 7.65. The smallest absolute Gasteiger partial charge is 0.0241 e. The summed E-state index contributed by atoms with van der Waals surface area (Å²) in [7, 11) is 0. The van der Waals surface area contributed by atoms with Crippen molar-refractivity contribution in [3.8, 4) is 0 Å². The number of allylic oxidation sites excluding steroid dienone is 6. The molecule has 0 atom stereocenters. The lowest BCUT2D eigenvalue weighted by Crippen LogP contribution is -1.93. The maximum atomic E-state index is 2.32. The average Bonchev–Trinajstić information content (AvgIpc) is 1.99. The van der Waals surface area contributed by atoms with E-state index >= 15 is 0 Å². The van der Waals surface area contributed by atoms with Crippen molar-refractivity contribution in [1.82, 2.24) is 0 Å². The van der Waals surface area contributed by atoms with Crippen molar-refractivity contribution in [2.24, 2.45) is 0 Å². The first-order chi connectivity index (χ1) is 5.25. The van der Waals surface area contributed by atoms with Crippen LogP contribution < -0.4 is 0 Å². The maximum Gasteiger partial charge on any atom is -0.0241 e. The Bertz CT molecular complexity index is 226. The highest BCUT2D eigenvalue weighted by atomic mass is 14.1. The molecule has 0 saturated heterocycles. The van der Waals surface area contributed by atoms with E-state index in [0.29, 0.717) is 0 Å². The summed E-state index contributed by atoms with van der Waals surface area (Å²) >= 11 is 0. The number of hydrogen-bond acceptors (Lipinski definition) is 0. The van der Waals surface area contributed by atoms with Gasteiger partial charge in [-0.25, -0.2) is 0 Å². The van der Waals surface area contributed by atoms with Crippen molar-refractivity contribution in [3.63, 3.8) is 0 Å². The van der Waals surface area contributed by atoms with Gasteiger partial charge in [0.25, 0.3) is 0 Å². The zero-order valence-corrected chi connectivity index (χ0v) is 7.65. The van der Waals surface area contributed by atoms with E-state index in [0.717, 1.165) is 0 Å². The summed E-state index contributed by atoms with van der Waals surface area (Å²) in [5.41, 5.74) is 4.42. The Hall–Kier alpha value is -0.780. The average molecular weight is 148 g/mol. The van der Waals surface area contributed by atoms with Crippen LogP contribution in [0.25, 0.3) is 0 Å². The molecule has 0 aromatic heterocycles. The molecule has 0 heteroatoms. The minimum atomic E-state index is 1.21. The van der Waals surface area contributed by atoms with Gasteiger partial charge in [0.05, 0.1) is 0 Å². The van der Waals surface area contributed by atoms with Gasteiger partial charge in [-0.1, -0.05) is 23.8 Å². The van der Waals surface area contributed by atoms with Gasteiger partial charge in [-0.05, 0) is 44.8 Å². The molecule has 60 valence electrons. The monoisotopic (exact) mass is 148 g/mol.